The van der Waals surface area contributed by atoms with Crippen molar-refractivity contribution in [2.45, 2.75) is 31.7 Å². The number of methoxy groups -OCH3 is 2. The molecule has 7 heteroatoms. The zero-order valence-electron chi connectivity index (χ0n) is 12.8. The maximum Gasteiger partial charge on any atom is 0.273 e. The van der Waals surface area contributed by atoms with Gasteiger partial charge in [0.05, 0.1) is 19.8 Å². The summed E-state index contributed by atoms with van der Waals surface area (Å²) < 4.78 is 10.3. The minimum atomic E-state index is -0.324. The fourth-order valence-electron chi connectivity index (χ4n) is 2.46. The molecule has 6 nitrogen and oxygen atoms in total. The number of hydrogen-bond donors (Lipinski definition) is 3. The maximum absolute atomic E-state index is 12.2. The molecular weight excluding hydrogens is 302 g/mol. The van der Waals surface area contributed by atoms with Crippen molar-refractivity contribution in [3.8, 4) is 11.5 Å². The molecule has 0 bridgehead atoms. The molecule has 0 spiro atoms. The molecule has 1 aliphatic rings. The highest BCUT2D eigenvalue weighted by atomic mass is 32.1. The molecule has 1 aromatic rings. The van der Waals surface area contributed by atoms with Gasteiger partial charge >= 0.3 is 0 Å². The highest BCUT2D eigenvalue weighted by Crippen LogP contribution is 2.24. The molecule has 1 saturated carbocycles. The number of carbonyl (C=O) groups is 1. The molecule has 0 aromatic heterocycles. The average Bonchev–Trinajstić information content (AvgIpc) is 3.04. The van der Waals surface area contributed by atoms with Crippen molar-refractivity contribution in [2.75, 3.05) is 14.2 Å². The summed E-state index contributed by atoms with van der Waals surface area (Å²) in [4.78, 5) is 12.2. The number of nitrogens with one attached hydrogen (secondary N) is 3. The number of amides is 1. The Hall–Kier alpha value is -2.02. The van der Waals surface area contributed by atoms with E-state index in [4.69, 9.17) is 21.7 Å². The summed E-state index contributed by atoms with van der Waals surface area (Å²) in [5.74, 6) is 0.739. The second-order valence-electron chi connectivity index (χ2n) is 5.10. The standard InChI is InChI=1S/C15H21N3O3S/c1-20-11-7-8-12(13(9-11)21-2)14(19)17-18-15(22)16-10-5-3-4-6-10/h7-10H,3-6H2,1-2H3,(H,17,19)(H2,16,18,22). The van der Waals surface area contributed by atoms with Gasteiger partial charge in [-0.15, -0.1) is 0 Å². The Labute approximate surface area is 135 Å². The van der Waals surface area contributed by atoms with Crippen LogP contribution in [0.1, 0.15) is 36.0 Å². The molecule has 22 heavy (non-hydrogen) atoms. The van der Waals surface area contributed by atoms with Crippen LogP contribution in [0, 0.1) is 0 Å². The van der Waals surface area contributed by atoms with Crippen LogP contribution in [-0.2, 0) is 0 Å². The van der Waals surface area contributed by atoms with Gasteiger partial charge in [-0.05, 0) is 37.2 Å². The van der Waals surface area contributed by atoms with Gasteiger partial charge in [-0.1, -0.05) is 12.8 Å². The molecule has 0 atom stereocenters. The first-order valence-corrected chi connectivity index (χ1v) is 7.63. The van der Waals surface area contributed by atoms with Gasteiger partial charge in [0.1, 0.15) is 11.5 Å². The van der Waals surface area contributed by atoms with Crippen molar-refractivity contribution < 1.29 is 14.3 Å². The van der Waals surface area contributed by atoms with Gasteiger partial charge in [-0.25, -0.2) is 0 Å². The van der Waals surface area contributed by atoms with Gasteiger partial charge in [0.15, 0.2) is 5.11 Å². The Kier molecular flexibility index (Phi) is 5.83. The van der Waals surface area contributed by atoms with E-state index in [0.29, 0.717) is 28.2 Å². The molecule has 0 unspecified atom stereocenters. The molecule has 3 N–H and O–H groups in total. The van der Waals surface area contributed by atoms with Crippen LogP contribution in [0.2, 0.25) is 0 Å². The van der Waals surface area contributed by atoms with Gasteiger partial charge in [0, 0.05) is 12.1 Å². The largest absolute Gasteiger partial charge is 0.497 e. The third kappa shape index (κ3) is 4.24. The molecule has 2 rings (SSSR count). The smallest absolute Gasteiger partial charge is 0.273 e. The fourth-order valence-corrected chi connectivity index (χ4v) is 2.68. The van der Waals surface area contributed by atoms with Gasteiger partial charge in [-0.2, -0.15) is 0 Å². The van der Waals surface area contributed by atoms with Gasteiger partial charge in [-0.3, -0.25) is 15.6 Å². The van der Waals surface area contributed by atoms with Crippen molar-refractivity contribution in [2.24, 2.45) is 0 Å². The number of benzene rings is 1. The average molecular weight is 323 g/mol. The predicted octanol–water partition coefficient (Wildman–Crippen LogP) is 1.76. The molecule has 120 valence electrons. The summed E-state index contributed by atoms with van der Waals surface area (Å²) >= 11 is 5.17. The summed E-state index contributed by atoms with van der Waals surface area (Å²) in [5.41, 5.74) is 5.70. The number of thiocarbonyl (C=S) groups is 1. The first-order valence-electron chi connectivity index (χ1n) is 7.23. The Bertz CT molecular complexity index is 545. The second-order valence-corrected chi connectivity index (χ2v) is 5.51. The molecule has 0 heterocycles. The predicted molar refractivity (Wildman–Crippen MR) is 88.1 cm³/mol. The van der Waals surface area contributed by atoms with E-state index in [9.17, 15) is 4.79 Å². The maximum atomic E-state index is 12.2. The topological polar surface area (TPSA) is 71.6 Å². The van der Waals surface area contributed by atoms with Crippen molar-refractivity contribution >= 4 is 23.2 Å². The SMILES string of the molecule is COc1ccc(C(=O)NNC(=S)NC2CCCC2)c(OC)c1. The van der Waals surface area contributed by atoms with Crippen LogP contribution in [0.4, 0.5) is 0 Å². The van der Waals surface area contributed by atoms with E-state index in [2.05, 4.69) is 16.2 Å². The Morgan fingerprint density at radius 1 is 1.18 bits per heavy atom. The molecule has 0 aliphatic heterocycles. The lowest BCUT2D eigenvalue weighted by molar-refractivity contribution is 0.0940. The second kappa shape index (κ2) is 7.84. The first-order chi connectivity index (χ1) is 10.6. The van der Waals surface area contributed by atoms with Crippen LogP contribution < -0.4 is 25.6 Å². The molecule has 1 fully saturated rings. The van der Waals surface area contributed by atoms with E-state index >= 15 is 0 Å². The van der Waals surface area contributed by atoms with Crippen LogP contribution in [0.3, 0.4) is 0 Å². The summed E-state index contributed by atoms with van der Waals surface area (Å²) in [6.45, 7) is 0. The summed E-state index contributed by atoms with van der Waals surface area (Å²) in [5, 5.41) is 3.61. The van der Waals surface area contributed by atoms with E-state index in [1.54, 1.807) is 25.3 Å². The Morgan fingerprint density at radius 2 is 1.91 bits per heavy atom. The zero-order chi connectivity index (χ0) is 15.9. The molecule has 0 saturated heterocycles. The van der Waals surface area contributed by atoms with Crippen LogP contribution >= 0.6 is 12.2 Å². The van der Waals surface area contributed by atoms with Crippen LogP contribution in [0.15, 0.2) is 18.2 Å². The van der Waals surface area contributed by atoms with Crippen molar-refractivity contribution in [3.63, 3.8) is 0 Å². The highest BCUT2D eigenvalue weighted by Gasteiger charge is 2.17. The first kappa shape index (κ1) is 16.4. The zero-order valence-corrected chi connectivity index (χ0v) is 13.6. The normalized spacial score (nSPS) is 14.3. The number of ether oxygens (including phenoxy) is 2. The monoisotopic (exact) mass is 323 g/mol. The van der Waals surface area contributed by atoms with Crippen LogP contribution in [0.25, 0.3) is 0 Å². The summed E-state index contributed by atoms with van der Waals surface area (Å²) in [7, 11) is 3.06. The number of rotatable bonds is 4. The Balaban J connectivity index is 1.90. The molecule has 1 aliphatic carbocycles. The van der Waals surface area contributed by atoms with E-state index < -0.39 is 0 Å². The third-order valence-electron chi connectivity index (χ3n) is 3.63. The number of hydrogen-bond acceptors (Lipinski definition) is 4. The van der Waals surface area contributed by atoms with E-state index in [1.807, 2.05) is 0 Å². The molecule has 1 aromatic carbocycles. The number of hydrazine groups is 1. The van der Waals surface area contributed by atoms with Gasteiger partial charge in [0.25, 0.3) is 5.91 Å². The fraction of sp³-hybridized carbons (Fsp3) is 0.467. The van der Waals surface area contributed by atoms with Crippen LogP contribution in [-0.4, -0.2) is 31.3 Å². The summed E-state index contributed by atoms with van der Waals surface area (Å²) in [6, 6.07) is 5.39. The van der Waals surface area contributed by atoms with E-state index in [-0.39, 0.29) is 5.91 Å². The summed E-state index contributed by atoms with van der Waals surface area (Å²) in [6.07, 6.45) is 4.66. The van der Waals surface area contributed by atoms with Crippen LogP contribution in [0.5, 0.6) is 11.5 Å². The van der Waals surface area contributed by atoms with Gasteiger partial charge < -0.3 is 14.8 Å². The van der Waals surface area contributed by atoms with E-state index in [0.717, 1.165) is 12.8 Å². The van der Waals surface area contributed by atoms with Crippen molar-refractivity contribution in [3.05, 3.63) is 23.8 Å². The molecular formula is C15H21N3O3S. The molecule has 0 radical (unpaired) electrons. The van der Waals surface area contributed by atoms with Crippen molar-refractivity contribution in [1.82, 2.24) is 16.2 Å². The highest BCUT2D eigenvalue weighted by molar-refractivity contribution is 7.80. The number of carbonyl (C=O) groups excluding carboxylic acids is 1. The van der Waals surface area contributed by atoms with Gasteiger partial charge in [0.2, 0.25) is 0 Å². The quantitative estimate of drug-likeness (QED) is 0.579. The lowest BCUT2D eigenvalue weighted by Crippen LogP contribution is -2.49. The lowest BCUT2D eigenvalue weighted by Gasteiger charge is -2.16. The molecule has 1 amide bonds. The van der Waals surface area contributed by atoms with E-state index in [1.165, 1.54) is 20.0 Å². The Morgan fingerprint density at radius 3 is 2.55 bits per heavy atom. The lowest BCUT2D eigenvalue weighted by atomic mass is 10.2. The third-order valence-corrected chi connectivity index (χ3v) is 3.85. The minimum Gasteiger partial charge on any atom is -0.497 e. The van der Waals surface area contributed by atoms with Crippen molar-refractivity contribution in [1.29, 1.82) is 0 Å². The minimum absolute atomic E-state index is 0.324.